The van der Waals surface area contributed by atoms with Crippen LogP contribution < -0.4 is 5.32 Å². The van der Waals surface area contributed by atoms with Gasteiger partial charge in [0.15, 0.2) is 0 Å². The van der Waals surface area contributed by atoms with E-state index in [1.54, 1.807) is 0 Å². The molecular formula is C14H32KNO3S. The third-order valence-electron chi connectivity index (χ3n) is 3.24. The number of nitrogens with one attached hydrogen (secondary N) is 1. The Kier molecular flexibility index (Phi) is 20.0. The van der Waals surface area contributed by atoms with Crippen LogP contribution in [0.1, 0.15) is 71.1 Å². The van der Waals surface area contributed by atoms with E-state index >= 15 is 0 Å². The van der Waals surface area contributed by atoms with E-state index in [1.165, 1.54) is 57.8 Å². The van der Waals surface area contributed by atoms with Crippen molar-refractivity contribution in [3.05, 3.63) is 0 Å². The van der Waals surface area contributed by atoms with Gasteiger partial charge in [-0.15, -0.1) is 0 Å². The molecule has 0 aliphatic carbocycles. The average molecular weight is 334 g/mol. The third kappa shape index (κ3) is 21.8. The normalized spacial score (nSPS) is 11.3. The van der Waals surface area contributed by atoms with E-state index in [4.69, 9.17) is 4.55 Å². The second-order valence-electron chi connectivity index (χ2n) is 5.22. The Balaban J connectivity index is 0. The van der Waals surface area contributed by atoms with E-state index in [2.05, 4.69) is 12.2 Å². The van der Waals surface area contributed by atoms with E-state index in [0.717, 1.165) is 13.0 Å². The van der Waals surface area contributed by atoms with Gasteiger partial charge in [-0.2, -0.15) is 8.42 Å². The Bertz CT molecular complexity index is 284. The van der Waals surface area contributed by atoms with Gasteiger partial charge in [0.25, 0.3) is 10.1 Å². The zero-order chi connectivity index (χ0) is 14.4. The molecule has 0 aromatic carbocycles. The topological polar surface area (TPSA) is 66.4 Å². The summed E-state index contributed by atoms with van der Waals surface area (Å²) in [6.45, 7) is 3.42. The van der Waals surface area contributed by atoms with Crippen LogP contribution >= 0.6 is 0 Å². The molecule has 118 valence electrons. The first kappa shape index (κ1) is 23.8. The summed E-state index contributed by atoms with van der Waals surface area (Å²) in [6, 6.07) is 0. The molecule has 4 nitrogen and oxygen atoms in total. The fourth-order valence-electron chi connectivity index (χ4n) is 2.06. The standard InChI is InChI=1S/C14H31NO3S.K.H/c1-2-3-4-5-6-7-8-9-10-11-12-15-13-14-19(16,17)18;;/h15H,2-14H2,1H3,(H,16,17,18);;. The van der Waals surface area contributed by atoms with Gasteiger partial charge in [-0.05, 0) is 13.0 Å². The van der Waals surface area contributed by atoms with Gasteiger partial charge in [-0.3, -0.25) is 4.55 Å². The zero-order valence-corrected chi connectivity index (χ0v) is 13.2. The number of hydrogen-bond donors (Lipinski definition) is 2. The molecule has 0 atom stereocenters. The average Bonchev–Trinajstić information content (AvgIpc) is 2.34. The SMILES string of the molecule is CCCCCCCCCCCCNCCS(=O)(=O)O.[KH]. The minimum absolute atomic E-state index is 0. The Morgan fingerprint density at radius 3 is 1.70 bits per heavy atom. The molecule has 2 N–H and O–H groups in total. The van der Waals surface area contributed by atoms with Gasteiger partial charge >= 0.3 is 51.4 Å². The van der Waals surface area contributed by atoms with Gasteiger partial charge in [0.1, 0.15) is 0 Å². The van der Waals surface area contributed by atoms with Crippen LogP contribution in [-0.4, -0.2) is 83.2 Å². The second kappa shape index (κ2) is 16.9. The molecule has 0 fully saturated rings. The molecule has 0 aliphatic heterocycles. The molecule has 0 unspecified atom stereocenters. The Morgan fingerprint density at radius 1 is 0.800 bits per heavy atom. The van der Waals surface area contributed by atoms with Crippen molar-refractivity contribution in [2.75, 3.05) is 18.8 Å². The van der Waals surface area contributed by atoms with Crippen molar-refractivity contribution in [2.24, 2.45) is 0 Å². The van der Waals surface area contributed by atoms with Gasteiger partial charge < -0.3 is 5.32 Å². The first-order valence-electron chi connectivity index (χ1n) is 7.72. The van der Waals surface area contributed by atoms with Crippen LogP contribution in [0.2, 0.25) is 0 Å². The summed E-state index contributed by atoms with van der Waals surface area (Å²) in [5.74, 6) is -0.190. The van der Waals surface area contributed by atoms with Crippen molar-refractivity contribution in [1.29, 1.82) is 0 Å². The maximum atomic E-state index is 10.4. The summed E-state index contributed by atoms with van der Waals surface area (Å²) in [6.07, 6.45) is 13.0. The van der Waals surface area contributed by atoms with Gasteiger partial charge in [0.05, 0.1) is 5.75 Å². The van der Waals surface area contributed by atoms with E-state index in [9.17, 15) is 8.42 Å². The zero-order valence-electron chi connectivity index (χ0n) is 12.4. The quantitative estimate of drug-likeness (QED) is 0.291. The van der Waals surface area contributed by atoms with Crippen molar-refractivity contribution in [3.8, 4) is 0 Å². The molecule has 0 heterocycles. The molecule has 0 rings (SSSR count). The Morgan fingerprint density at radius 2 is 1.25 bits per heavy atom. The van der Waals surface area contributed by atoms with E-state index in [-0.39, 0.29) is 57.1 Å². The molecule has 0 saturated carbocycles. The maximum absolute atomic E-state index is 10.4. The summed E-state index contributed by atoms with van der Waals surface area (Å²) in [5.41, 5.74) is 0. The predicted octanol–water partition coefficient (Wildman–Crippen LogP) is 2.74. The van der Waals surface area contributed by atoms with E-state index < -0.39 is 10.1 Å². The summed E-state index contributed by atoms with van der Waals surface area (Å²) >= 11 is 0. The number of rotatable bonds is 14. The van der Waals surface area contributed by atoms with Crippen molar-refractivity contribution >= 4 is 61.5 Å². The summed E-state index contributed by atoms with van der Waals surface area (Å²) < 4.78 is 29.4. The molecule has 20 heavy (non-hydrogen) atoms. The molecule has 0 bridgehead atoms. The van der Waals surface area contributed by atoms with E-state index in [0.29, 0.717) is 6.54 Å². The molecule has 0 saturated heterocycles. The minimum atomic E-state index is -3.80. The fourth-order valence-corrected chi connectivity index (χ4v) is 2.47. The van der Waals surface area contributed by atoms with Crippen molar-refractivity contribution < 1.29 is 13.0 Å². The molecule has 0 radical (unpaired) electrons. The van der Waals surface area contributed by atoms with Gasteiger partial charge in [-0.1, -0.05) is 64.7 Å². The molecule has 0 aliphatic rings. The second-order valence-corrected chi connectivity index (χ2v) is 6.79. The molecule has 0 spiro atoms. The van der Waals surface area contributed by atoms with Crippen molar-refractivity contribution in [2.45, 2.75) is 71.1 Å². The number of unbranched alkanes of at least 4 members (excludes halogenated alkanes) is 9. The fraction of sp³-hybridized carbons (Fsp3) is 1.00. The van der Waals surface area contributed by atoms with Crippen LogP contribution in [0.5, 0.6) is 0 Å². The summed E-state index contributed by atoms with van der Waals surface area (Å²) in [7, 11) is -3.80. The van der Waals surface area contributed by atoms with Gasteiger partial charge in [0.2, 0.25) is 0 Å². The van der Waals surface area contributed by atoms with Gasteiger partial charge in [-0.25, -0.2) is 0 Å². The molecule has 0 aromatic rings. The Hall–Kier alpha value is 1.51. The van der Waals surface area contributed by atoms with Crippen LogP contribution in [0.15, 0.2) is 0 Å². The van der Waals surface area contributed by atoms with Crippen LogP contribution in [0, 0.1) is 0 Å². The predicted molar refractivity (Wildman–Crippen MR) is 88.3 cm³/mol. The summed E-state index contributed by atoms with van der Waals surface area (Å²) in [5, 5.41) is 3.03. The third-order valence-corrected chi connectivity index (χ3v) is 3.96. The monoisotopic (exact) mass is 333 g/mol. The first-order chi connectivity index (χ1) is 9.06. The summed E-state index contributed by atoms with van der Waals surface area (Å²) in [4.78, 5) is 0. The van der Waals surface area contributed by atoms with Crippen molar-refractivity contribution in [3.63, 3.8) is 0 Å². The van der Waals surface area contributed by atoms with Crippen LogP contribution in [-0.2, 0) is 10.1 Å². The molecule has 0 aromatic heterocycles. The van der Waals surface area contributed by atoms with Crippen LogP contribution in [0.4, 0.5) is 0 Å². The van der Waals surface area contributed by atoms with Gasteiger partial charge in [0, 0.05) is 6.54 Å². The molecule has 0 amide bonds. The Labute approximate surface area is 168 Å². The van der Waals surface area contributed by atoms with Crippen LogP contribution in [0.3, 0.4) is 0 Å². The number of hydrogen-bond acceptors (Lipinski definition) is 3. The molecular weight excluding hydrogens is 301 g/mol. The first-order valence-corrected chi connectivity index (χ1v) is 9.33. The van der Waals surface area contributed by atoms with Crippen LogP contribution in [0.25, 0.3) is 0 Å². The molecule has 6 heteroatoms. The van der Waals surface area contributed by atoms with E-state index in [1.807, 2.05) is 0 Å². The van der Waals surface area contributed by atoms with Crippen molar-refractivity contribution in [1.82, 2.24) is 5.32 Å².